The van der Waals surface area contributed by atoms with Crippen LogP contribution in [0, 0.1) is 12.8 Å². The van der Waals surface area contributed by atoms with Gasteiger partial charge >= 0.3 is 5.97 Å². The first-order valence-corrected chi connectivity index (χ1v) is 9.28. The molecule has 2 amide bonds. The second-order valence-electron chi connectivity index (χ2n) is 6.80. The molecule has 0 aliphatic carbocycles. The number of anilines is 1. The van der Waals surface area contributed by atoms with Gasteiger partial charge in [0.1, 0.15) is 6.04 Å². The van der Waals surface area contributed by atoms with Crippen molar-refractivity contribution in [2.24, 2.45) is 5.92 Å². The number of hydrogen-bond donors (Lipinski definition) is 2. The van der Waals surface area contributed by atoms with Crippen LogP contribution in [0.2, 0.25) is 0 Å². The molecule has 0 bridgehead atoms. The molecular formula is C22H26N2O4. The van der Waals surface area contributed by atoms with Crippen LogP contribution in [0.15, 0.2) is 48.5 Å². The lowest BCUT2D eigenvalue weighted by Crippen LogP contribution is -2.47. The van der Waals surface area contributed by atoms with E-state index in [9.17, 15) is 14.4 Å². The van der Waals surface area contributed by atoms with E-state index in [4.69, 9.17) is 4.74 Å². The minimum absolute atomic E-state index is 0.105. The summed E-state index contributed by atoms with van der Waals surface area (Å²) >= 11 is 0. The first-order chi connectivity index (χ1) is 13.3. The molecule has 1 atom stereocenters. The maximum absolute atomic E-state index is 12.7. The molecule has 0 spiro atoms. The number of aryl methyl sites for hydroxylation is 1. The van der Waals surface area contributed by atoms with Crippen molar-refractivity contribution in [3.05, 3.63) is 65.2 Å². The summed E-state index contributed by atoms with van der Waals surface area (Å²) in [5.41, 5.74) is 2.33. The van der Waals surface area contributed by atoms with Crippen LogP contribution >= 0.6 is 0 Å². The molecule has 0 unspecified atom stereocenters. The Morgan fingerprint density at radius 1 is 1.00 bits per heavy atom. The Hall–Kier alpha value is -3.15. The zero-order valence-electron chi connectivity index (χ0n) is 16.6. The molecule has 2 rings (SSSR count). The maximum atomic E-state index is 12.7. The SMILES string of the molecule is CCOC(=O)c1ccc(NC(=O)[C@H](NC(=O)c2ccccc2C)C(C)C)cc1. The van der Waals surface area contributed by atoms with Gasteiger partial charge in [0.05, 0.1) is 12.2 Å². The number of hydrogen-bond acceptors (Lipinski definition) is 4. The zero-order valence-corrected chi connectivity index (χ0v) is 16.6. The average molecular weight is 382 g/mol. The highest BCUT2D eigenvalue weighted by atomic mass is 16.5. The van der Waals surface area contributed by atoms with Crippen molar-refractivity contribution < 1.29 is 19.1 Å². The number of carbonyl (C=O) groups excluding carboxylic acids is 3. The summed E-state index contributed by atoms with van der Waals surface area (Å²) in [6, 6.07) is 13.0. The third-order valence-electron chi connectivity index (χ3n) is 4.29. The minimum atomic E-state index is -0.697. The van der Waals surface area contributed by atoms with Gasteiger partial charge in [-0.1, -0.05) is 32.0 Å². The van der Waals surface area contributed by atoms with Crippen LogP contribution < -0.4 is 10.6 Å². The van der Waals surface area contributed by atoms with E-state index >= 15 is 0 Å². The second-order valence-corrected chi connectivity index (χ2v) is 6.80. The lowest BCUT2D eigenvalue weighted by Gasteiger charge is -2.22. The van der Waals surface area contributed by atoms with Gasteiger partial charge in [-0.05, 0) is 55.7 Å². The predicted octanol–water partition coefficient (Wildman–Crippen LogP) is 3.56. The Kier molecular flexibility index (Phi) is 7.32. The van der Waals surface area contributed by atoms with Crippen molar-refractivity contribution in [1.82, 2.24) is 5.32 Å². The van der Waals surface area contributed by atoms with Crippen molar-refractivity contribution >= 4 is 23.5 Å². The number of amides is 2. The number of carbonyl (C=O) groups is 3. The molecule has 0 fully saturated rings. The van der Waals surface area contributed by atoms with Gasteiger partial charge in [0.2, 0.25) is 5.91 Å². The van der Waals surface area contributed by atoms with Gasteiger partial charge in [-0.25, -0.2) is 4.79 Å². The van der Waals surface area contributed by atoms with Crippen LogP contribution in [0.25, 0.3) is 0 Å². The molecule has 2 aromatic rings. The quantitative estimate of drug-likeness (QED) is 0.717. The third kappa shape index (κ3) is 5.42. The van der Waals surface area contributed by atoms with E-state index < -0.39 is 12.0 Å². The summed E-state index contributed by atoms with van der Waals surface area (Å²) in [5, 5.41) is 5.60. The second kappa shape index (κ2) is 9.69. The average Bonchev–Trinajstić information content (AvgIpc) is 2.66. The summed E-state index contributed by atoms with van der Waals surface area (Å²) < 4.78 is 4.94. The number of ether oxygens (including phenoxy) is 1. The molecule has 148 valence electrons. The highest BCUT2D eigenvalue weighted by Gasteiger charge is 2.25. The fourth-order valence-corrected chi connectivity index (χ4v) is 2.71. The molecule has 2 N–H and O–H groups in total. The largest absolute Gasteiger partial charge is 0.462 e. The molecule has 0 radical (unpaired) electrons. The minimum Gasteiger partial charge on any atom is -0.462 e. The van der Waals surface area contributed by atoms with Crippen molar-refractivity contribution in [3.63, 3.8) is 0 Å². The van der Waals surface area contributed by atoms with E-state index in [1.807, 2.05) is 32.9 Å². The first-order valence-electron chi connectivity index (χ1n) is 9.28. The van der Waals surface area contributed by atoms with E-state index in [1.165, 1.54) is 0 Å². The fourth-order valence-electron chi connectivity index (χ4n) is 2.71. The molecule has 2 aromatic carbocycles. The Morgan fingerprint density at radius 2 is 1.64 bits per heavy atom. The maximum Gasteiger partial charge on any atom is 0.338 e. The molecule has 0 saturated carbocycles. The van der Waals surface area contributed by atoms with E-state index in [-0.39, 0.29) is 17.7 Å². The van der Waals surface area contributed by atoms with E-state index in [0.29, 0.717) is 23.4 Å². The van der Waals surface area contributed by atoms with Crippen LogP contribution in [0.4, 0.5) is 5.69 Å². The Morgan fingerprint density at radius 3 is 2.21 bits per heavy atom. The van der Waals surface area contributed by atoms with Crippen LogP contribution in [0.3, 0.4) is 0 Å². The van der Waals surface area contributed by atoms with Crippen molar-refractivity contribution in [2.45, 2.75) is 33.7 Å². The summed E-state index contributed by atoms with van der Waals surface area (Å²) in [5.74, 6) is -1.12. The summed E-state index contributed by atoms with van der Waals surface area (Å²) in [4.78, 5) is 37.0. The van der Waals surface area contributed by atoms with Crippen molar-refractivity contribution in [2.75, 3.05) is 11.9 Å². The molecule has 0 saturated heterocycles. The van der Waals surface area contributed by atoms with Gasteiger partial charge in [-0.15, -0.1) is 0 Å². The Bertz CT molecular complexity index is 844. The predicted molar refractivity (Wildman–Crippen MR) is 108 cm³/mol. The molecule has 0 aliphatic rings. The number of nitrogens with one attached hydrogen (secondary N) is 2. The van der Waals surface area contributed by atoms with E-state index in [1.54, 1.807) is 43.3 Å². The number of esters is 1. The summed E-state index contributed by atoms with van der Waals surface area (Å²) in [6.07, 6.45) is 0. The molecule has 0 aliphatic heterocycles. The Balaban J connectivity index is 2.08. The molecule has 6 nitrogen and oxygen atoms in total. The summed E-state index contributed by atoms with van der Waals surface area (Å²) in [7, 11) is 0. The topological polar surface area (TPSA) is 84.5 Å². The first kappa shape index (κ1) is 21.2. The van der Waals surface area contributed by atoms with E-state index in [0.717, 1.165) is 5.56 Å². The van der Waals surface area contributed by atoms with Crippen LogP contribution in [-0.2, 0) is 9.53 Å². The standard InChI is InChI=1S/C22H26N2O4/c1-5-28-22(27)16-10-12-17(13-11-16)23-21(26)19(14(2)3)24-20(25)18-9-7-6-8-15(18)4/h6-14,19H,5H2,1-4H3,(H,23,26)(H,24,25)/t19-/m1/s1. The van der Waals surface area contributed by atoms with Gasteiger partial charge in [-0.2, -0.15) is 0 Å². The van der Waals surface area contributed by atoms with Crippen LogP contribution in [-0.4, -0.2) is 30.4 Å². The molecule has 6 heteroatoms. The van der Waals surface area contributed by atoms with Gasteiger partial charge < -0.3 is 15.4 Å². The van der Waals surface area contributed by atoms with E-state index in [2.05, 4.69) is 10.6 Å². The molecule has 28 heavy (non-hydrogen) atoms. The zero-order chi connectivity index (χ0) is 20.7. The monoisotopic (exact) mass is 382 g/mol. The summed E-state index contributed by atoms with van der Waals surface area (Å²) in [6.45, 7) is 7.63. The molecule has 0 heterocycles. The van der Waals surface area contributed by atoms with Crippen molar-refractivity contribution in [3.8, 4) is 0 Å². The smallest absolute Gasteiger partial charge is 0.338 e. The van der Waals surface area contributed by atoms with Gasteiger partial charge in [-0.3, -0.25) is 9.59 Å². The third-order valence-corrected chi connectivity index (χ3v) is 4.29. The molecule has 0 aromatic heterocycles. The lowest BCUT2D eigenvalue weighted by molar-refractivity contribution is -0.118. The van der Waals surface area contributed by atoms with Crippen LogP contribution in [0.5, 0.6) is 0 Å². The highest BCUT2D eigenvalue weighted by molar-refractivity contribution is 6.02. The van der Waals surface area contributed by atoms with Gasteiger partial charge in [0.15, 0.2) is 0 Å². The fraction of sp³-hybridized carbons (Fsp3) is 0.318. The van der Waals surface area contributed by atoms with Crippen LogP contribution in [0.1, 0.15) is 47.1 Å². The lowest BCUT2D eigenvalue weighted by atomic mass is 10.0. The van der Waals surface area contributed by atoms with Crippen molar-refractivity contribution in [1.29, 1.82) is 0 Å². The molecular weight excluding hydrogens is 356 g/mol. The van der Waals surface area contributed by atoms with Gasteiger partial charge in [0.25, 0.3) is 5.91 Å². The van der Waals surface area contributed by atoms with Gasteiger partial charge in [0, 0.05) is 11.3 Å². The highest BCUT2D eigenvalue weighted by Crippen LogP contribution is 2.14. The Labute approximate surface area is 165 Å². The normalized spacial score (nSPS) is 11.6. The number of rotatable bonds is 7. The number of benzene rings is 2.